The van der Waals surface area contributed by atoms with E-state index in [1.165, 1.54) is 0 Å². The minimum absolute atomic E-state index is 0.0647. The Morgan fingerprint density at radius 2 is 2.19 bits per heavy atom. The lowest BCUT2D eigenvalue weighted by Gasteiger charge is -2.30. The molecule has 1 aromatic rings. The quantitative estimate of drug-likeness (QED) is 0.573. The Balaban J connectivity index is 2.85. The van der Waals surface area contributed by atoms with Gasteiger partial charge < -0.3 is 16.2 Å². The summed E-state index contributed by atoms with van der Waals surface area (Å²) in [6.45, 7) is 4.44. The molecule has 1 rings (SSSR count). The molecule has 0 fully saturated rings. The maximum absolute atomic E-state index is 9.06. The molecule has 0 aromatic heterocycles. The van der Waals surface area contributed by atoms with Crippen LogP contribution in [0.1, 0.15) is 26.7 Å². The highest BCUT2D eigenvalue weighted by Gasteiger charge is 2.21. The lowest BCUT2D eigenvalue weighted by Crippen LogP contribution is -2.35. The molecule has 0 bridgehead atoms. The zero-order valence-electron chi connectivity index (χ0n) is 9.76. The van der Waals surface area contributed by atoms with Crippen molar-refractivity contribution in [2.24, 2.45) is 0 Å². The highest BCUT2D eigenvalue weighted by molar-refractivity contribution is 14.1. The molecule has 3 nitrogen and oxygen atoms in total. The Hall–Kier alpha value is -0.490. The molecule has 0 heterocycles. The van der Waals surface area contributed by atoms with Gasteiger partial charge in [-0.1, -0.05) is 6.92 Å². The molecule has 0 saturated carbocycles. The Morgan fingerprint density at radius 1 is 1.50 bits per heavy atom. The predicted octanol–water partition coefficient (Wildman–Crippen LogP) is 2.84. The molecule has 1 unspecified atom stereocenters. The average Bonchev–Trinajstić information content (AvgIpc) is 2.23. The molecule has 0 aliphatic carbocycles. The summed E-state index contributed by atoms with van der Waals surface area (Å²) >= 11 is 2.27. The summed E-state index contributed by atoms with van der Waals surface area (Å²) in [5, 5.41) is 12.5. The van der Waals surface area contributed by atoms with Gasteiger partial charge in [-0.15, -0.1) is 0 Å². The summed E-state index contributed by atoms with van der Waals surface area (Å²) in [5.74, 6) is 0. The van der Waals surface area contributed by atoms with E-state index in [9.17, 15) is 0 Å². The smallest absolute Gasteiger partial charge is 0.0481 e. The molecule has 0 spiro atoms. The predicted molar refractivity (Wildman–Crippen MR) is 77.6 cm³/mol. The van der Waals surface area contributed by atoms with Crippen LogP contribution in [0.5, 0.6) is 0 Å². The lowest BCUT2D eigenvalue weighted by molar-refractivity contribution is 0.252. The number of benzene rings is 1. The van der Waals surface area contributed by atoms with Gasteiger partial charge in [-0.25, -0.2) is 0 Å². The highest BCUT2D eigenvalue weighted by Crippen LogP contribution is 2.27. The van der Waals surface area contributed by atoms with E-state index in [4.69, 9.17) is 10.8 Å². The molecule has 0 aliphatic rings. The first-order valence-electron chi connectivity index (χ1n) is 5.45. The van der Waals surface area contributed by atoms with E-state index in [-0.39, 0.29) is 12.1 Å². The number of hydrogen-bond donors (Lipinski definition) is 3. The maximum atomic E-state index is 9.06. The van der Waals surface area contributed by atoms with E-state index in [0.717, 1.165) is 27.8 Å². The van der Waals surface area contributed by atoms with E-state index in [1.807, 2.05) is 18.2 Å². The van der Waals surface area contributed by atoms with E-state index in [1.54, 1.807) is 0 Å². The number of nitrogens with two attached hydrogens (primary N) is 1. The number of halogens is 1. The van der Waals surface area contributed by atoms with Gasteiger partial charge in [0.2, 0.25) is 0 Å². The van der Waals surface area contributed by atoms with Crippen LogP contribution in [0.4, 0.5) is 11.4 Å². The van der Waals surface area contributed by atoms with Gasteiger partial charge in [0.05, 0.1) is 0 Å². The minimum atomic E-state index is -0.0647. The largest absolute Gasteiger partial charge is 0.399 e. The first-order chi connectivity index (χ1) is 7.50. The maximum Gasteiger partial charge on any atom is 0.0481 e. The van der Waals surface area contributed by atoms with Crippen molar-refractivity contribution in [1.82, 2.24) is 0 Å². The lowest BCUT2D eigenvalue weighted by atomic mass is 9.94. The third-order valence-electron chi connectivity index (χ3n) is 2.87. The molecule has 0 aliphatic heterocycles. The van der Waals surface area contributed by atoms with Crippen LogP contribution in [-0.4, -0.2) is 17.3 Å². The number of aliphatic hydroxyl groups is 1. The van der Waals surface area contributed by atoms with Crippen molar-refractivity contribution in [2.45, 2.75) is 32.2 Å². The number of nitrogen functional groups attached to an aromatic ring is 1. The van der Waals surface area contributed by atoms with Crippen LogP contribution in [0, 0.1) is 3.57 Å². The van der Waals surface area contributed by atoms with Gasteiger partial charge in [0.1, 0.15) is 0 Å². The minimum Gasteiger partial charge on any atom is -0.399 e. The fourth-order valence-electron chi connectivity index (χ4n) is 1.53. The molecule has 0 amide bonds. The van der Waals surface area contributed by atoms with Gasteiger partial charge in [0.15, 0.2) is 0 Å². The summed E-state index contributed by atoms with van der Waals surface area (Å²) in [6.07, 6.45) is 1.71. The molecule has 90 valence electrons. The standard InChI is InChI=1S/C12H19IN2O/c1-3-12(2,6-7-16)15-11-5-4-9(14)8-10(11)13/h4-5,8,15-16H,3,6-7,14H2,1-2H3. The second-order valence-electron chi connectivity index (χ2n) is 4.25. The molecule has 0 radical (unpaired) electrons. The van der Waals surface area contributed by atoms with Gasteiger partial charge in [-0.2, -0.15) is 0 Å². The monoisotopic (exact) mass is 334 g/mol. The number of nitrogens with one attached hydrogen (secondary N) is 1. The van der Waals surface area contributed by atoms with Crippen LogP contribution in [0.3, 0.4) is 0 Å². The van der Waals surface area contributed by atoms with Crippen LogP contribution in [0.25, 0.3) is 0 Å². The highest BCUT2D eigenvalue weighted by atomic mass is 127. The van der Waals surface area contributed by atoms with Gasteiger partial charge >= 0.3 is 0 Å². The molecule has 1 aromatic carbocycles. The van der Waals surface area contributed by atoms with Crippen molar-refractivity contribution in [3.8, 4) is 0 Å². The number of hydrogen-bond acceptors (Lipinski definition) is 3. The van der Waals surface area contributed by atoms with Gasteiger partial charge in [0, 0.05) is 27.1 Å². The number of anilines is 2. The summed E-state index contributed by atoms with van der Waals surface area (Å²) in [5.41, 5.74) is 7.50. The van der Waals surface area contributed by atoms with Gasteiger partial charge in [0.25, 0.3) is 0 Å². The van der Waals surface area contributed by atoms with E-state index in [0.29, 0.717) is 0 Å². The third kappa shape index (κ3) is 3.52. The first kappa shape index (κ1) is 13.6. The van der Waals surface area contributed by atoms with Crippen molar-refractivity contribution in [2.75, 3.05) is 17.7 Å². The van der Waals surface area contributed by atoms with E-state index in [2.05, 4.69) is 41.8 Å². The topological polar surface area (TPSA) is 58.3 Å². The van der Waals surface area contributed by atoms with E-state index < -0.39 is 0 Å². The second kappa shape index (κ2) is 5.72. The Bertz CT molecular complexity index is 357. The fourth-order valence-corrected chi connectivity index (χ4v) is 2.21. The molecule has 16 heavy (non-hydrogen) atoms. The zero-order chi connectivity index (χ0) is 12.2. The molecule has 0 saturated heterocycles. The van der Waals surface area contributed by atoms with Crippen LogP contribution >= 0.6 is 22.6 Å². The summed E-state index contributed by atoms with van der Waals surface area (Å²) in [7, 11) is 0. The van der Waals surface area contributed by atoms with Crippen molar-refractivity contribution >= 4 is 34.0 Å². The summed E-state index contributed by atoms with van der Waals surface area (Å²) in [6, 6.07) is 5.82. The molecule has 4 heteroatoms. The third-order valence-corrected chi connectivity index (χ3v) is 3.77. The Morgan fingerprint density at radius 3 is 2.69 bits per heavy atom. The van der Waals surface area contributed by atoms with Crippen LogP contribution in [0.15, 0.2) is 18.2 Å². The van der Waals surface area contributed by atoms with Crippen LogP contribution in [0.2, 0.25) is 0 Å². The van der Waals surface area contributed by atoms with Crippen LogP contribution in [-0.2, 0) is 0 Å². The van der Waals surface area contributed by atoms with Crippen molar-refractivity contribution in [3.63, 3.8) is 0 Å². The van der Waals surface area contributed by atoms with Gasteiger partial charge in [-0.3, -0.25) is 0 Å². The van der Waals surface area contributed by atoms with Gasteiger partial charge in [-0.05, 0) is 60.6 Å². The van der Waals surface area contributed by atoms with Crippen molar-refractivity contribution in [3.05, 3.63) is 21.8 Å². The van der Waals surface area contributed by atoms with Crippen molar-refractivity contribution < 1.29 is 5.11 Å². The number of aliphatic hydroxyl groups excluding tert-OH is 1. The normalized spacial score (nSPS) is 14.5. The Kier molecular flexibility index (Phi) is 4.86. The fraction of sp³-hybridized carbons (Fsp3) is 0.500. The van der Waals surface area contributed by atoms with Crippen LogP contribution < -0.4 is 11.1 Å². The summed E-state index contributed by atoms with van der Waals surface area (Å²) < 4.78 is 1.11. The van der Waals surface area contributed by atoms with Crippen molar-refractivity contribution in [1.29, 1.82) is 0 Å². The summed E-state index contributed by atoms with van der Waals surface area (Å²) in [4.78, 5) is 0. The molecule has 1 atom stereocenters. The second-order valence-corrected chi connectivity index (χ2v) is 5.41. The zero-order valence-corrected chi connectivity index (χ0v) is 11.9. The molecular weight excluding hydrogens is 315 g/mol. The SMILES string of the molecule is CCC(C)(CCO)Nc1ccc(N)cc1I. The van der Waals surface area contributed by atoms with E-state index >= 15 is 0 Å². The molecule has 4 N–H and O–H groups in total. The molecular formula is C12H19IN2O. The average molecular weight is 334 g/mol. The number of rotatable bonds is 5. The first-order valence-corrected chi connectivity index (χ1v) is 6.52. The Labute approximate surface area is 111 Å².